The van der Waals surface area contributed by atoms with Crippen LogP contribution in [0.25, 0.3) is 0 Å². The zero-order chi connectivity index (χ0) is 16.0. The van der Waals surface area contributed by atoms with E-state index in [1.807, 2.05) is 0 Å². The van der Waals surface area contributed by atoms with Gasteiger partial charge in [-0.25, -0.2) is 0 Å². The number of hydrogen-bond donors (Lipinski definition) is 3. The van der Waals surface area contributed by atoms with Crippen molar-refractivity contribution in [2.24, 2.45) is 0 Å². The fraction of sp³-hybridized carbons (Fsp3) is 0.727. The minimum absolute atomic E-state index is 0.137. The first kappa shape index (κ1) is 18.2. The highest BCUT2D eigenvalue weighted by Gasteiger charge is 2.28. The van der Waals surface area contributed by atoms with Gasteiger partial charge in [-0.3, -0.25) is 14.4 Å². The number of carbonyl (C=O) groups is 3. The molecule has 0 fully saturated rings. The van der Waals surface area contributed by atoms with E-state index in [4.69, 9.17) is 5.11 Å². The van der Waals surface area contributed by atoms with E-state index < -0.39 is 42.5 Å². The molecular formula is C11H17F3N2O4. The third kappa shape index (κ3) is 10.2. The smallest absolute Gasteiger partial charge is 0.405 e. The SMILES string of the molecule is CC(C)(CCC(=O)O)NC(=O)CC(=O)NCC(F)(F)F. The third-order valence-corrected chi connectivity index (χ3v) is 2.25. The predicted octanol–water partition coefficient (Wildman–Crippen LogP) is 0.815. The molecule has 0 unspecified atom stereocenters. The lowest BCUT2D eigenvalue weighted by molar-refractivity contribution is -0.141. The van der Waals surface area contributed by atoms with E-state index in [-0.39, 0.29) is 12.8 Å². The van der Waals surface area contributed by atoms with Crippen molar-refractivity contribution in [2.45, 2.75) is 44.8 Å². The Hall–Kier alpha value is -1.80. The predicted molar refractivity (Wildman–Crippen MR) is 62.8 cm³/mol. The Morgan fingerprint density at radius 3 is 2.10 bits per heavy atom. The third-order valence-electron chi connectivity index (χ3n) is 2.25. The topological polar surface area (TPSA) is 95.5 Å². The van der Waals surface area contributed by atoms with Crippen molar-refractivity contribution >= 4 is 17.8 Å². The summed E-state index contributed by atoms with van der Waals surface area (Å²) in [6, 6.07) is 0. The number of nitrogens with one attached hydrogen (secondary N) is 2. The van der Waals surface area contributed by atoms with Crippen molar-refractivity contribution in [2.75, 3.05) is 6.54 Å². The van der Waals surface area contributed by atoms with Gasteiger partial charge in [-0.05, 0) is 20.3 Å². The molecule has 0 aliphatic heterocycles. The highest BCUT2D eigenvalue weighted by atomic mass is 19.4. The van der Waals surface area contributed by atoms with Crippen LogP contribution in [0.15, 0.2) is 0 Å². The molecule has 0 aromatic carbocycles. The molecule has 0 spiro atoms. The van der Waals surface area contributed by atoms with Crippen molar-refractivity contribution in [1.29, 1.82) is 0 Å². The number of aliphatic carboxylic acids is 1. The van der Waals surface area contributed by atoms with E-state index in [0.29, 0.717) is 0 Å². The molecule has 0 radical (unpaired) electrons. The van der Waals surface area contributed by atoms with Crippen LogP contribution in [0.5, 0.6) is 0 Å². The van der Waals surface area contributed by atoms with Gasteiger partial charge in [0.15, 0.2) is 0 Å². The van der Waals surface area contributed by atoms with Crippen LogP contribution >= 0.6 is 0 Å². The summed E-state index contributed by atoms with van der Waals surface area (Å²) in [4.78, 5) is 32.9. The van der Waals surface area contributed by atoms with Crippen molar-refractivity contribution in [3.8, 4) is 0 Å². The lowest BCUT2D eigenvalue weighted by atomic mass is 9.98. The molecule has 20 heavy (non-hydrogen) atoms. The highest BCUT2D eigenvalue weighted by Crippen LogP contribution is 2.13. The molecular weight excluding hydrogens is 281 g/mol. The molecule has 0 aliphatic carbocycles. The van der Waals surface area contributed by atoms with Crippen LogP contribution < -0.4 is 10.6 Å². The number of carbonyl (C=O) groups excluding carboxylic acids is 2. The maximum atomic E-state index is 11.8. The van der Waals surface area contributed by atoms with Crippen molar-refractivity contribution in [3.05, 3.63) is 0 Å². The number of carboxylic acid groups (broad SMARTS) is 1. The normalized spacial score (nSPS) is 11.8. The van der Waals surface area contributed by atoms with Gasteiger partial charge in [0.25, 0.3) is 0 Å². The van der Waals surface area contributed by atoms with Gasteiger partial charge in [0.05, 0.1) is 0 Å². The Labute approximate surface area is 113 Å². The van der Waals surface area contributed by atoms with E-state index in [1.54, 1.807) is 19.2 Å². The Bertz CT molecular complexity index is 380. The summed E-state index contributed by atoms with van der Waals surface area (Å²) >= 11 is 0. The van der Waals surface area contributed by atoms with Crippen LogP contribution in [-0.4, -0.2) is 41.2 Å². The second-order valence-electron chi connectivity index (χ2n) is 4.89. The summed E-state index contributed by atoms with van der Waals surface area (Å²) in [6.45, 7) is 1.62. The van der Waals surface area contributed by atoms with E-state index in [2.05, 4.69) is 5.32 Å². The summed E-state index contributed by atoms with van der Waals surface area (Å²) in [6.07, 6.45) is -5.31. The average Bonchev–Trinajstić information content (AvgIpc) is 2.22. The summed E-state index contributed by atoms with van der Waals surface area (Å²) in [5.74, 6) is -2.84. The molecule has 2 amide bonds. The van der Waals surface area contributed by atoms with Crippen LogP contribution in [0.3, 0.4) is 0 Å². The van der Waals surface area contributed by atoms with E-state index in [9.17, 15) is 27.6 Å². The van der Waals surface area contributed by atoms with E-state index in [1.165, 1.54) is 0 Å². The van der Waals surface area contributed by atoms with Crippen LogP contribution in [0.2, 0.25) is 0 Å². The maximum Gasteiger partial charge on any atom is 0.405 e. The van der Waals surface area contributed by atoms with Gasteiger partial charge in [-0.2, -0.15) is 13.2 Å². The summed E-state index contributed by atoms with van der Waals surface area (Å²) < 4.78 is 35.5. The quantitative estimate of drug-likeness (QED) is 0.606. The summed E-state index contributed by atoms with van der Waals surface area (Å²) in [5, 5.41) is 12.5. The number of carboxylic acids is 1. The zero-order valence-electron chi connectivity index (χ0n) is 11.1. The second kappa shape index (κ2) is 7.11. The molecule has 116 valence electrons. The summed E-state index contributed by atoms with van der Waals surface area (Å²) in [5.41, 5.74) is -0.861. The lowest BCUT2D eigenvalue weighted by Crippen LogP contribution is -2.45. The monoisotopic (exact) mass is 298 g/mol. The molecule has 0 saturated heterocycles. The number of rotatable bonds is 7. The Morgan fingerprint density at radius 2 is 1.65 bits per heavy atom. The number of hydrogen-bond acceptors (Lipinski definition) is 3. The molecule has 0 heterocycles. The van der Waals surface area contributed by atoms with Gasteiger partial charge >= 0.3 is 12.1 Å². The molecule has 0 bridgehead atoms. The average molecular weight is 298 g/mol. The molecule has 0 saturated carbocycles. The Morgan fingerprint density at radius 1 is 1.10 bits per heavy atom. The van der Waals surface area contributed by atoms with Crippen LogP contribution in [0.4, 0.5) is 13.2 Å². The van der Waals surface area contributed by atoms with Crippen LogP contribution in [0, 0.1) is 0 Å². The highest BCUT2D eigenvalue weighted by molar-refractivity contribution is 5.97. The first-order chi connectivity index (χ1) is 8.91. The first-order valence-corrected chi connectivity index (χ1v) is 5.77. The molecule has 0 aromatic rings. The minimum Gasteiger partial charge on any atom is -0.481 e. The number of alkyl halides is 3. The molecule has 9 heteroatoms. The van der Waals surface area contributed by atoms with E-state index in [0.717, 1.165) is 0 Å². The lowest BCUT2D eigenvalue weighted by Gasteiger charge is -2.25. The van der Waals surface area contributed by atoms with Crippen LogP contribution in [0.1, 0.15) is 33.1 Å². The van der Waals surface area contributed by atoms with Crippen molar-refractivity contribution in [3.63, 3.8) is 0 Å². The standard InChI is InChI=1S/C11H17F3N2O4/c1-10(2,4-3-9(19)20)16-8(18)5-7(17)15-6-11(12,13)14/h3-6H2,1-2H3,(H,15,17)(H,16,18)(H,19,20). The van der Waals surface area contributed by atoms with Gasteiger partial charge < -0.3 is 15.7 Å². The molecule has 0 aromatic heterocycles. The molecule has 3 N–H and O–H groups in total. The van der Waals surface area contributed by atoms with Gasteiger partial charge in [0.1, 0.15) is 13.0 Å². The van der Waals surface area contributed by atoms with Crippen LogP contribution in [-0.2, 0) is 14.4 Å². The second-order valence-corrected chi connectivity index (χ2v) is 4.89. The molecule has 0 rings (SSSR count). The Balaban J connectivity index is 4.15. The van der Waals surface area contributed by atoms with Crippen molar-refractivity contribution < 1.29 is 32.7 Å². The van der Waals surface area contributed by atoms with E-state index >= 15 is 0 Å². The number of amides is 2. The molecule has 6 nitrogen and oxygen atoms in total. The fourth-order valence-corrected chi connectivity index (χ4v) is 1.31. The number of halogens is 3. The van der Waals surface area contributed by atoms with Gasteiger partial charge in [-0.1, -0.05) is 0 Å². The van der Waals surface area contributed by atoms with Crippen molar-refractivity contribution in [1.82, 2.24) is 10.6 Å². The largest absolute Gasteiger partial charge is 0.481 e. The molecule has 0 aliphatic rings. The summed E-state index contributed by atoms with van der Waals surface area (Å²) in [7, 11) is 0. The Kier molecular flexibility index (Phi) is 6.47. The molecule has 0 atom stereocenters. The first-order valence-electron chi connectivity index (χ1n) is 5.77. The zero-order valence-corrected chi connectivity index (χ0v) is 11.1. The minimum atomic E-state index is -4.53. The van der Waals surface area contributed by atoms with Gasteiger partial charge in [-0.15, -0.1) is 0 Å². The van der Waals surface area contributed by atoms with Gasteiger partial charge in [0.2, 0.25) is 11.8 Å². The fourth-order valence-electron chi connectivity index (χ4n) is 1.31. The van der Waals surface area contributed by atoms with Gasteiger partial charge in [0, 0.05) is 12.0 Å². The maximum absolute atomic E-state index is 11.8.